The molecule has 0 saturated heterocycles. The molecule has 0 aliphatic rings. The summed E-state index contributed by atoms with van der Waals surface area (Å²) in [5.74, 6) is 1.52. The molecule has 3 rings (SSSR count). The van der Waals surface area contributed by atoms with Gasteiger partial charge in [-0.15, -0.1) is 0 Å². The average molecular weight is 436 g/mol. The van der Waals surface area contributed by atoms with E-state index in [2.05, 4.69) is 37.8 Å². The van der Waals surface area contributed by atoms with E-state index in [9.17, 15) is 4.79 Å². The van der Waals surface area contributed by atoms with Gasteiger partial charge >= 0.3 is 0 Å². The van der Waals surface area contributed by atoms with Crippen molar-refractivity contribution in [3.8, 4) is 17.0 Å². The first-order valence-corrected chi connectivity index (χ1v) is 11.2. The van der Waals surface area contributed by atoms with Crippen LogP contribution in [-0.4, -0.2) is 42.7 Å². The topological polar surface area (TPSA) is 58.8 Å². The third-order valence-electron chi connectivity index (χ3n) is 5.42. The van der Waals surface area contributed by atoms with Crippen molar-refractivity contribution in [2.24, 2.45) is 5.92 Å². The molecule has 170 valence electrons. The standard InChI is InChI=1S/C26H33N3O3/c1-6-28(7-2)26-22(24(27-32-26)20-13-9-8-10-14-20)18-29(17-19(3)4)25(30)21-15-11-12-16-23(21)31-5/h8-16,19H,6-7,17-18H2,1-5H3. The summed E-state index contributed by atoms with van der Waals surface area (Å²) in [7, 11) is 1.59. The van der Waals surface area contributed by atoms with Crippen molar-refractivity contribution in [2.45, 2.75) is 34.2 Å². The molecular weight excluding hydrogens is 402 g/mol. The highest BCUT2D eigenvalue weighted by atomic mass is 16.5. The van der Waals surface area contributed by atoms with Gasteiger partial charge in [0.15, 0.2) is 0 Å². The number of hydrogen-bond acceptors (Lipinski definition) is 5. The van der Waals surface area contributed by atoms with Gasteiger partial charge in [-0.1, -0.05) is 61.5 Å². The second kappa shape index (κ2) is 10.8. The molecule has 0 unspecified atom stereocenters. The largest absolute Gasteiger partial charge is 0.496 e. The molecule has 32 heavy (non-hydrogen) atoms. The molecule has 3 aromatic rings. The Morgan fingerprint density at radius 2 is 1.69 bits per heavy atom. The molecule has 6 heteroatoms. The number of aromatic nitrogens is 1. The number of carbonyl (C=O) groups excluding carboxylic acids is 1. The van der Waals surface area contributed by atoms with Crippen LogP contribution in [0.5, 0.6) is 5.75 Å². The quantitative estimate of drug-likeness (QED) is 0.421. The summed E-state index contributed by atoms with van der Waals surface area (Å²) in [5, 5.41) is 4.42. The second-order valence-corrected chi connectivity index (χ2v) is 8.13. The van der Waals surface area contributed by atoms with Gasteiger partial charge in [-0.25, -0.2) is 0 Å². The summed E-state index contributed by atoms with van der Waals surface area (Å²) < 4.78 is 11.3. The zero-order chi connectivity index (χ0) is 23.1. The average Bonchev–Trinajstić information content (AvgIpc) is 3.22. The number of benzene rings is 2. The van der Waals surface area contributed by atoms with Crippen molar-refractivity contribution in [3.63, 3.8) is 0 Å². The van der Waals surface area contributed by atoms with E-state index in [4.69, 9.17) is 9.26 Å². The highest BCUT2D eigenvalue weighted by Crippen LogP contribution is 2.33. The normalized spacial score (nSPS) is 10.9. The number of anilines is 1. The van der Waals surface area contributed by atoms with Crippen molar-refractivity contribution in [1.82, 2.24) is 10.1 Å². The lowest BCUT2D eigenvalue weighted by Gasteiger charge is -2.27. The lowest BCUT2D eigenvalue weighted by molar-refractivity contribution is 0.0719. The fraction of sp³-hybridized carbons (Fsp3) is 0.385. The van der Waals surface area contributed by atoms with E-state index >= 15 is 0 Å². The van der Waals surface area contributed by atoms with E-state index < -0.39 is 0 Å². The molecule has 0 atom stereocenters. The summed E-state index contributed by atoms with van der Waals surface area (Å²) in [4.78, 5) is 17.6. The molecule has 0 fully saturated rings. The third-order valence-corrected chi connectivity index (χ3v) is 5.42. The molecule has 1 aromatic heterocycles. The number of para-hydroxylation sites is 1. The molecule has 0 aliphatic heterocycles. The fourth-order valence-electron chi connectivity index (χ4n) is 3.87. The van der Waals surface area contributed by atoms with Crippen LogP contribution in [0.2, 0.25) is 0 Å². The van der Waals surface area contributed by atoms with Gasteiger partial charge in [0.1, 0.15) is 11.4 Å². The molecule has 6 nitrogen and oxygen atoms in total. The molecule has 1 amide bonds. The van der Waals surface area contributed by atoms with Crippen LogP contribution in [0.1, 0.15) is 43.6 Å². The Kier molecular flexibility index (Phi) is 7.92. The van der Waals surface area contributed by atoms with Gasteiger partial charge in [-0.3, -0.25) is 4.79 Å². The van der Waals surface area contributed by atoms with Gasteiger partial charge in [0.25, 0.3) is 5.91 Å². The Morgan fingerprint density at radius 3 is 2.31 bits per heavy atom. The van der Waals surface area contributed by atoms with Crippen LogP contribution in [0.25, 0.3) is 11.3 Å². The first kappa shape index (κ1) is 23.4. The van der Waals surface area contributed by atoms with Gasteiger partial charge in [0.2, 0.25) is 5.88 Å². The first-order chi connectivity index (χ1) is 15.5. The van der Waals surface area contributed by atoms with E-state index in [1.807, 2.05) is 59.5 Å². The van der Waals surface area contributed by atoms with Crippen LogP contribution in [0.4, 0.5) is 5.88 Å². The van der Waals surface area contributed by atoms with Crippen LogP contribution < -0.4 is 9.64 Å². The van der Waals surface area contributed by atoms with Gasteiger partial charge in [0, 0.05) is 25.2 Å². The highest BCUT2D eigenvalue weighted by Gasteiger charge is 2.27. The molecule has 0 bridgehead atoms. The van der Waals surface area contributed by atoms with Crippen LogP contribution >= 0.6 is 0 Å². The molecule has 2 aromatic carbocycles. The maximum absolute atomic E-state index is 13.6. The Hall–Kier alpha value is -3.28. The van der Waals surface area contributed by atoms with Gasteiger partial charge in [-0.2, -0.15) is 0 Å². The lowest BCUT2D eigenvalue weighted by atomic mass is 10.0. The Morgan fingerprint density at radius 1 is 1.03 bits per heavy atom. The molecule has 1 heterocycles. The smallest absolute Gasteiger partial charge is 0.257 e. The maximum atomic E-state index is 13.6. The lowest BCUT2D eigenvalue weighted by Crippen LogP contribution is -2.35. The number of rotatable bonds is 10. The zero-order valence-corrected chi connectivity index (χ0v) is 19.7. The van der Waals surface area contributed by atoms with Crippen LogP contribution in [0, 0.1) is 5.92 Å². The molecular formula is C26H33N3O3. The van der Waals surface area contributed by atoms with Crippen molar-refractivity contribution in [2.75, 3.05) is 31.6 Å². The maximum Gasteiger partial charge on any atom is 0.257 e. The number of ether oxygens (including phenoxy) is 1. The Labute approximate surface area is 190 Å². The molecule has 0 saturated carbocycles. The third kappa shape index (κ3) is 5.13. The Balaban J connectivity index is 2.07. The summed E-state index contributed by atoms with van der Waals surface area (Å²) in [6.07, 6.45) is 0. The molecule has 0 aliphatic carbocycles. The number of hydrogen-bond donors (Lipinski definition) is 0. The van der Waals surface area contributed by atoms with Gasteiger partial charge in [-0.05, 0) is 31.9 Å². The minimum Gasteiger partial charge on any atom is -0.496 e. The summed E-state index contributed by atoms with van der Waals surface area (Å²) in [6, 6.07) is 17.3. The van der Waals surface area contributed by atoms with Gasteiger partial charge in [0.05, 0.1) is 24.8 Å². The van der Waals surface area contributed by atoms with Crippen molar-refractivity contribution in [1.29, 1.82) is 0 Å². The monoisotopic (exact) mass is 435 g/mol. The first-order valence-electron chi connectivity index (χ1n) is 11.2. The minimum absolute atomic E-state index is 0.0677. The van der Waals surface area contributed by atoms with E-state index in [-0.39, 0.29) is 5.91 Å². The molecule has 0 N–H and O–H groups in total. The van der Waals surface area contributed by atoms with Gasteiger partial charge < -0.3 is 19.1 Å². The van der Waals surface area contributed by atoms with E-state index in [0.29, 0.717) is 30.3 Å². The molecule has 0 spiro atoms. The van der Waals surface area contributed by atoms with Crippen LogP contribution in [-0.2, 0) is 6.54 Å². The minimum atomic E-state index is -0.0677. The molecule has 0 radical (unpaired) electrons. The summed E-state index contributed by atoms with van der Waals surface area (Å²) >= 11 is 0. The predicted molar refractivity (Wildman–Crippen MR) is 128 cm³/mol. The van der Waals surface area contributed by atoms with Crippen LogP contribution in [0.15, 0.2) is 59.1 Å². The SMILES string of the molecule is CCN(CC)c1onc(-c2ccccc2)c1CN(CC(C)C)C(=O)c1ccccc1OC. The summed E-state index contributed by atoms with van der Waals surface area (Å²) in [6.45, 7) is 11.0. The van der Waals surface area contributed by atoms with Crippen LogP contribution in [0.3, 0.4) is 0 Å². The van der Waals surface area contributed by atoms with E-state index in [1.54, 1.807) is 7.11 Å². The van der Waals surface area contributed by atoms with E-state index in [1.165, 1.54) is 0 Å². The highest BCUT2D eigenvalue weighted by molar-refractivity contribution is 5.97. The predicted octanol–water partition coefficient (Wildman–Crippen LogP) is 5.49. The number of amides is 1. The summed E-state index contributed by atoms with van der Waals surface area (Å²) in [5.41, 5.74) is 3.22. The number of methoxy groups -OCH3 is 1. The van der Waals surface area contributed by atoms with Crippen molar-refractivity contribution < 1.29 is 14.1 Å². The van der Waals surface area contributed by atoms with Crippen molar-refractivity contribution in [3.05, 3.63) is 65.7 Å². The number of carbonyl (C=O) groups is 1. The fourth-order valence-corrected chi connectivity index (χ4v) is 3.87. The second-order valence-electron chi connectivity index (χ2n) is 8.13. The zero-order valence-electron chi connectivity index (χ0n) is 19.7. The number of nitrogens with zero attached hydrogens (tertiary/aromatic N) is 3. The van der Waals surface area contributed by atoms with E-state index in [0.717, 1.165) is 35.8 Å². The van der Waals surface area contributed by atoms with Crippen molar-refractivity contribution >= 4 is 11.8 Å². The Bertz CT molecular complexity index is 1010.